The molecule has 0 aromatic heterocycles. The molecule has 0 spiro atoms. The molecule has 0 aliphatic carbocycles. The van der Waals surface area contributed by atoms with E-state index in [1.54, 1.807) is 107 Å². The number of benzene rings is 3. The van der Waals surface area contributed by atoms with Crippen LogP contribution in [0.5, 0.6) is 0 Å². The molecule has 1 heterocycles. The van der Waals surface area contributed by atoms with Gasteiger partial charge in [-0.2, -0.15) is 0 Å². The van der Waals surface area contributed by atoms with E-state index in [-0.39, 0.29) is 163 Å². The van der Waals surface area contributed by atoms with Gasteiger partial charge in [0, 0.05) is 163 Å². The maximum atomic E-state index is 15.1. The van der Waals surface area contributed by atoms with E-state index in [0.717, 1.165) is 0 Å². The van der Waals surface area contributed by atoms with Crippen LogP contribution in [0.4, 0.5) is 15.3 Å². The van der Waals surface area contributed by atoms with Gasteiger partial charge in [-0.05, 0) is 105 Å². The second kappa shape index (κ2) is 63.5. The lowest BCUT2D eigenvalue weighted by Gasteiger charge is -2.41. The molecule has 0 radical (unpaired) electrons. The van der Waals surface area contributed by atoms with Crippen LogP contribution < -0.4 is 32.3 Å². The van der Waals surface area contributed by atoms with Crippen LogP contribution in [0.25, 0.3) is 0 Å². The molecular formula is C100H157N9O28S2. The van der Waals surface area contributed by atoms with Crippen LogP contribution in [0.1, 0.15) is 216 Å². The molecule has 1 aliphatic rings. The summed E-state index contributed by atoms with van der Waals surface area (Å²) >= 11 is 0. The Morgan fingerprint density at radius 1 is 0.554 bits per heavy atom. The first kappa shape index (κ1) is 122. The van der Waals surface area contributed by atoms with Crippen molar-refractivity contribution in [1.82, 2.24) is 36.0 Å². The van der Waals surface area contributed by atoms with E-state index in [4.69, 9.17) is 48.4 Å². The zero-order valence-corrected chi connectivity index (χ0v) is 86.4. The highest BCUT2D eigenvalue weighted by Gasteiger charge is 2.45. The summed E-state index contributed by atoms with van der Waals surface area (Å²) < 4.78 is 102. The van der Waals surface area contributed by atoms with Crippen molar-refractivity contribution < 1.29 is 132 Å². The first-order valence-corrected chi connectivity index (χ1v) is 51.9. The number of hydrogen-bond acceptors (Lipinski definition) is 28. The van der Waals surface area contributed by atoms with E-state index in [0.29, 0.717) is 63.2 Å². The van der Waals surface area contributed by atoms with Gasteiger partial charge in [-0.25, -0.2) is 26.4 Å². The molecule has 37 nitrogen and oxygen atoms in total. The Morgan fingerprint density at radius 3 is 1.68 bits per heavy atom. The van der Waals surface area contributed by atoms with Crippen LogP contribution >= 0.6 is 0 Å². The van der Waals surface area contributed by atoms with Crippen LogP contribution in [0.15, 0.2) is 78.9 Å². The van der Waals surface area contributed by atoms with Crippen molar-refractivity contribution in [2.75, 3.05) is 151 Å². The van der Waals surface area contributed by atoms with Gasteiger partial charge < -0.3 is 94.8 Å². The number of ether oxygens (including phenoxy) is 9. The normalized spacial score (nSPS) is 15.8. The van der Waals surface area contributed by atoms with Gasteiger partial charge in [0.05, 0.1) is 135 Å². The van der Waals surface area contributed by atoms with Gasteiger partial charge in [-0.15, -0.1) is 0 Å². The molecule has 39 heteroatoms. The summed E-state index contributed by atoms with van der Waals surface area (Å²) in [6.07, 6.45) is -3.20. The molecule has 0 unspecified atom stereocenters. The van der Waals surface area contributed by atoms with Crippen molar-refractivity contribution in [2.45, 2.75) is 240 Å². The van der Waals surface area contributed by atoms with Crippen molar-refractivity contribution >= 4 is 108 Å². The molecular weight excluding hydrogens is 1840 g/mol. The maximum Gasteiger partial charge on any atom is 0.410 e. The van der Waals surface area contributed by atoms with Crippen molar-refractivity contribution in [3.63, 3.8) is 0 Å². The number of rotatable bonds is 72. The third-order valence-electron chi connectivity index (χ3n) is 25.4. The van der Waals surface area contributed by atoms with Gasteiger partial charge in [0.2, 0.25) is 35.4 Å². The number of methoxy groups -OCH3 is 6. The minimum Gasteiger partial charge on any atom is -0.445 e. The zero-order chi connectivity index (χ0) is 104. The van der Waals surface area contributed by atoms with Crippen LogP contribution in [-0.2, 0) is 117 Å². The lowest BCUT2D eigenvalue weighted by atomic mass is 9.83. The fraction of sp³-hybridized carbons (Fsp3) is 0.680. The summed E-state index contributed by atoms with van der Waals surface area (Å²) in [7, 11) is 3.59. The van der Waals surface area contributed by atoms with Gasteiger partial charge in [-0.3, -0.25) is 57.5 Å². The summed E-state index contributed by atoms with van der Waals surface area (Å²) in [5.41, 5.74) is 6.58. The number of nitrogens with zero attached hydrogens (tertiary/aromatic N) is 3. The topological polar surface area (TPSA) is 506 Å². The lowest BCUT2D eigenvalue weighted by Crippen LogP contribution is -2.55. The minimum absolute atomic E-state index is 0.0257. The molecule has 14 atom stereocenters. The van der Waals surface area contributed by atoms with Crippen molar-refractivity contribution in [3.05, 3.63) is 101 Å². The predicted molar refractivity (Wildman–Crippen MR) is 523 cm³/mol. The monoisotopic (exact) mass is 2000 g/mol. The van der Waals surface area contributed by atoms with E-state index < -0.39 is 217 Å². The first-order chi connectivity index (χ1) is 65.8. The Labute approximate surface area is 821 Å². The number of hydrogen-bond donors (Lipinski definition) is 7. The Balaban J connectivity index is 1.54. The molecule has 0 saturated carbocycles. The molecule has 1 saturated heterocycles. The van der Waals surface area contributed by atoms with Crippen LogP contribution in [0, 0.1) is 53.3 Å². The average Bonchev–Trinajstić information content (AvgIpc) is 1.73. The molecule has 9 amide bonds. The number of sulfone groups is 2. The second-order valence-corrected chi connectivity index (χ2v) is 41.6. The Kier molecular flexibility index (Phi) is 55.7. The van der Waals surface area contributed by atoms with Gasteiger partial charge in [0.25, 0.3) is 0 Å². The average molecular weight is 2000 g/mol. The summed E-state index contributed by atoms with van der Waals surface area (Å²) in [6, 6.07) is 14.1. The predicted octanol–water partition coefficient (Wildman–Crippen LogP) is 8.65. The SMILES string of the molecule is CC[C@H](C)[C@@H]([C@@H](CC(=O)N1CCC[C@H]1[C@H](OC)[C@@H](C)C(=O)N[C@H](C)[C@@H](O)c1ccccc1)OC)N(C)C(=O)[C@@H](CC(=O)[C@H](C(C)C)N(C)C(=O)OCc1ccc(NC(=O)[C@H](CCCNC(N)=O)CC(=O)[C@@H](NC(=O)CC[C@H](CC(=O)c2ccc(C(=O)C(CS(=O)(=O)CCOC)CS(=O)(=O)CCOC)cc2)C(=O)N[C@@H](CCC(=O)CCCOCCOC)C(=O)CCCOCCOC)C(C)C)cc1)C(C)C. The van der Waals surface area contributed by atoms with Gasteiger partial charge in [0.1, 0.15) is 12.4 Å². The lowest BCUT2D eigenvalue weighted by molar-refractivity contribution is -0.149. The van der Waals surface area contributed by atoms with Crippen molar-refractivity contribution in [2.24, 2.45) is 59.0 Å². The summed E-state index contributed by atoms with van der Waals surface area (Å²) in [5, 5.41) is 24.8. The number of carbonyl (C=O) groups is 14. The number of anilines is 1. The molecule has 4 rings (SSSR count). The van der Waals surface area contributed by atoms with E-state index in [1.165, 1.54) is 78.9 Å². The fourth-order valence-electron chi connectivity index (χ4n) is 17.2. The highest BCUT2D eigenvalue weighted by molar-refractivity contribution is 7.92. The number of carbonyl (C=O) groups excluding carboxylic acids is 14. The van der Waals surface area contributed by atoms with Gasteiger partial charge >= 0.3 is 12.1 Å². The molecule has 8 N–H and O–H groups in total. The van der Waals surface area contributed by atoms with Crippen LogP contribution in [-0.4, -0.2) is 313 Å². The number of Topliss-reactive ketones (excluding diaryl/α,β-unsaturated/α-hetero) is 6. The molecule has 782 valence electrons. The third-order valence-corrected chi connectivity index (χ3v) is 28.8. The number of nitrogens with one attached hydrogen (secondary N) is 5. The number of likely N-dealkylation sites (N-methyl/N-ethyl adjacent to an activating group) is 2. The van der Waals surface area contributed by atoms with E-state index in [1.807, 2.05) is 33.8 Å². The summed E-state index contributed by atoms with van der Waals surface area (Å²) in [5.74, 6) is -16.3. The molecule has 1 fully saturated rings. The summed E-state index contributed by atoms with van der Waals surface area (Å²) in [4.78, 5) is 203. The number of nitrogens with two attached hydrogens (primary N) is 1. The number of likely N-dealkylation sites (tertiary alicyclic amines) is 1. The molecule has 3 aromatic carbocycles. The number of ketones is 6. The second-order valence-electron chi connectivity index (χ2n) is 37.1. The smallest absolute Gasteiger partial charge is 0.410 e. The van der Waals surface area contributed by atoms with E-state index >= 15 is 4.79 Å². The highest BCUT2D eigenvalue weighted by atomic mass is 32.2. The number of urea groups is 1. The standard InChI is InChI=1S/C100H157N9O28S2/c1-19-67(8)91(86(133-17)60-88(116)109-46-24-31-81(109)94(134-18)68(9)95(119)103-69(10)92(117)72-27-21-20-22-28-72)107(11)98(122)79(64(2)3)59-85(114)90(66(6)7)108(12)100(124)137-61-70-33-40-77(41-34-70)104-96(120)74(29-23-45-102-99(101)123)58-84(113)89(65(4)5)106-87(115)44-39-75(97(121)105-80(82(111)32-26-48-136-52-50-130-14)43-42-78(110)30-25-47-135-51-49-129-13)57-83(112)71-35-37-73(38-36-71)93(118)76(62-138(125,126)55-53-131-15)63-139(127,128)56-54-132-16/h20-22,27-28,33-38,40-41,64-69,74-76,79-81,86,89-92,94,117H,19,23-26,29-32,39,42-63H2,1-18H3,(H,103,119)(H,104,120)(H,105,121)(H,106,115)(H3,101,102,123)/t67-,68+,69+,74+,75+,79-,80-,81-,86+,89-,90-,91-,92+,94+/m0/s1. The maximum absolute atomic E-state index is 15.1. The van der Waals surface area contributed by atoms with Crippen LogP contribution in [0.2, 0.25) is 0 Å². The Bertz CT molecular complexity index is 4560. The summed E-state index contributed by atoms with van der Waals surface area (Å²) in [6.45, 7) is 19.3. The third kappa shape index (κ3) is 42.3. The Morgan fingerprint density at radius 2 is 1.14 bits per heavy atom. The number of aliphatic hydroxyl groups is 1. The highest BCUT2D eigenvalue weighted by Crippen LogP contribution is 2.34. The molecule has 139 heavy (non-hydrogen) atoms. The fourth-order valence-corrected chi connectivity index (χ4v) is 20.3. The van der Waals surface area contributed by atoms with Crippen molar-refractivity contribution in [3.8, 4) is 0 Å². The van der Waals surface area contributed by atoms with Crippen molar-refractivity contribution in [1.29, 1.82) is 0 Å². The first-order valence-electron chi connectivity index (χ1n) is 48.2. The van der Waals surface area contributed by atoms with Gasteiger partial charge in [-0.1, -0.05) is 135 Å². The van der Waals surface area contributed by atoms with Gasteiger partial charge in [0.15, 0.2) is 48.6 Å². The van der Waals surface area contributed by atoms with E-state index in [2.05, 4.69) is 26.6 Å². The molecule has 3 aromatic rings. The minimum atomic E-state index is -4.05. The van der Waals surface area contributed by atoms with Crippen LogP contribution in [0.3, 0.4) is 0 Å². The quantitative estimate of drug-likeness (QED) is 0.0205. The zero-order valence-electron chi connectivity index (χ0n) is 84.7. The molecule has 0 bridgehead atoms. The van der Waals surface area contributed by atoms with E-state index in [9.17, 15) is 84.3 Å². The number of primary amides is 1. The number of amides is 9. The largest absolute Gasteiger partial charge is 0.445 e. The Hall–Kier alpha value is -9.42. The molecule has 1 aliphatic heterocycles. The number of aliphatic hydroxyl groups excluding tert-OH is 1.